The monoisotopic (exact) mass is 292 g/mol. The fourth-order valence-corrected chi connectivity index (χ4v) is 3.96. The van der Waals surface area contributed by atoms with E-state index in [1.165, 1.54) is 16.2 Å². The molecule has 4 heteroatoms. The summed E-state index contributed by atoms with van der Waals surface area (Å²) in [7, 11) is 0. The second-order valence-corrected chi connectivity index (χ2v) is 6.12. The molecule has 0 radical (unpaired) electrons. The molecule has 3 aliphatic heterocycles. The highest BCUT2D eigenvalue weighted by Crippen LogP contribution is 2.54. The first-order valence-electron chi connectivity index (χ1n) is 7.76. The summed E-state index contributed by atoms with van der Waals surface area (Å²) >= 11 is 0. The van der Waals surface area contributed by atoms with Gasteiger partial charge in [-0.3, -0.25) is 0 Å². The van der Waals surface area contributed by atoms with Gasteiger partial charge in [-0.15, -0.1) is 0 Å². The smallest absolute Gasteiger partial charge is 0.309 e. The number of hydrogen-bond acceptors (Lipinski definition) is 2. The van der Waals surface area contributed by atoms with Gasteiger partial charge >= 0.3 is 6.03 Å². The summed E-state index contributed by atoms with van der Waals surface area (Å²) in [6.07, 6.45) is 1.88. The van der Waals surface area contributed by atoms with E-state index in [-0.39, 0.29) is 24.3 Å². The molecule has 2 amide bonds. The van der Waals surface area contributed by atoms with E-state index in [0.29, 0.717) is 0 Å². The maximum Gasteiger partial charge on any atom is 0.347 e. The Labute approximate surface area is 128 Å². The van der Waals surface area contributed by atoms with E-state index in [1.54, 1.807) is 0 Å². The number of amides is 2. The number of rotatable bonds is 1. The molecule has 5 rings (SSSR count). The predicted octanol–water partition coefficient (Wildman–Crippen LogP) is 3.94. The van der Waals surface area contributed by atoms with Gasteiger partial charge in [0.15, 0.2) is 0 Å². The zero-order valence-corrected chi connectivity index (χ0v) is 12.1. The largest absolute Gasteiger partial charge is 0.347 e. The van der Waals surface area contributed by atoms with E-state index in [2.05, 4.69) is 24.3 Å². The van der Waals surface area contributed by atoms with Gasteiger partial charge in [-0.1, -0.05) is 54.6 Å². The average molecular weight is 292 g/mol. The van der Waals surface area contributed by atoms with Crippen LogP contribution >= 0.6 is 0 Å². The maximum atomic E-state index is 12.8. The van der Waals surface area contributed by atoms with Crippen molar-refractivity contribution in [2.45, 2.75) is 31.2 Å². The van der Waals surface area contributed by atoms with E-state index >= 15 is 0 Å². The van der Waals surface area contributed by atoms with Gasteiger partial charge in [0.2, 0.25) is 6.23 Å². The number of nitrogens with zero attached hydrogens (tertiary/aromatic N) is 2. The van der Waals surface area contributed by atoms with Crippen molar-refractivity contribution in [3.05, 3.63) is 71.3 Å². The molecule has 22 heavy (non-hydrogen) atoms. The molecule has 0 aromatic heterocycles. The molecule has 0 N–H and O–H groups in total. The Morgan fingerprint density at radius 2 is 1.50 bits per heavy atom. The second-order valence-electron chi connectivity index (χ2n) is 6.12. The van der Waals surface area contributed by atoms with Crippen molar-refractivity contribution in [1.29, 1.82) is 0 Å². The van der Waals surface area contributed by atoms with Gasteiger partial charge in [0.25, 0.3) is 0 Å². The van der Waals surface area contributed by atoms with Gasteiger partial charge in [0.05, 0.1) is 12.1 Å². The lowest BCUT2D eigenvalue weighted by Crippen LogP contribution is -2.32. The summed E-state index contributed by atoms with van der Waals surface area (Å²) in [5.74, 6) is 0. The predicted molar refractivity (Wildman–Crippen MR) is 80.5 cm³/mol. The van der Waals surface area contributed by atoms with E-state index in [1.807, 2.05) is 35.2 Å². The quantitative estimate of drug-likeness (QED) is 0.746. The minimum absolute atomic E-state index is 0.00227. The number of benzene rings is 2. The molecule has 2 aromatic rings. The zero-order valence-electron chi connectivity index (χ0n) is 12.1. The third kappa shape index (κ3) is 1.58. The first kappa shape index (κ1) is 12.2. The topological polar surface area (TPSA) is 35.9 Å². The Morgan fingerprint density at radius 3 is 2.14 bits per heavy atom. The number of hydroxylamine groups is 2. The highest BCUT2D eigenvalue weighted by atomic mass is 16.8. The Balaban J connectivity index is 1.41. The van der Waals surface area contributed by atoms with Crippen molar-refractivity contribution < 1.29 is 9.63 Å². The van der Waals surface area contributed by atoms with Crippen LogP contribution < -0.4 is 0 Å². The molecule has 0 spiro atoms. The summed E-state index contributed by atoms with van der Waals surface area (Å²) in [5, 5.41) is 1.51. The SMILES string of the molecule is O=C(N1OC1c1ccccc1)N1C2CCC1c1ccccc12. The number of urea groups is 1. The van der Waals surface area contributed by atoms with Crippen molar-refractivity contribution in [3.8, 4) is 0 Å². The Hall–Kier alpha value is -2.33. The van der Waals surface area contributed by atoms with E-state index in [9.17, 15) is 4.79 Å². The minimum atomic E-state index is -0.225. The highest BCUT2D eigenvalue weighted by Gasteiger charge is 2.53. The fraction of sp³-hybridized carbons (Fsp3) is 0.278. The van der Waals surface area contributed by atoms with Crippen LogP contribution in [0.25, 0.3) is 0 Å². The van der Waals surface area contributed by atoms with Crippen molar-refractivity contribution in [2.24, 2.45) is 0 Å². The van der Waals surface area contributed by atoms with Crippen molar-refractivity contribution in [1.82, 2.24) is 9.96 Å². The molecule has 110 valence electrons. The van der Waals surface area contributed by atoms with Crippen molar-refractivity contribution in [2.75, 3.05) is 0 Å². The molecule has 3 unspecified atom stereocenters. The van der Waals surface area contributed by atoms with Crippen LogP contribution in [0.1, 0.15) is 47.8 Å². The number of hydrogen-bond donors (Lipinski definition) is 0. The first-order chi connectivity index (χ1) is 10.8. The van der Waals surface area contributed by atoms with Crippen LogP contribution in [0.3, 0.4) is 0 Å². The standard InChI is InChI=1S/C18H16N2O2/c21-18(20-17(22-20)12-6-2-1-3-7-12)19-15-10-11-16(19)14-9-5-4-8-13(14)15/h1-9,15-17H,10-11H2. The molecule has 0 saturated carbocycles. The van der Waals surface area contributed by atoms with Crippen LogP contribution in [-0.2, 0) is 4.84 Å². The maximum absolute atomic E-state index is 12.8. The molecular formula is C18H16N2O2. The Bertz CT molecular complexity index is 715. The Kier molecular flexibility index (Phi) is 2.41. The lowest BCUT2D eigenvalue weighted by atomic mass is 9.92. The molecule has 2 aromatic carbocycles. The average Bonchev–Trinajstić information content (AvgIpc) is 3.18. The molecule has 0 aliphatic carbocycles. The van der Waals surface area contributed by atoms with Crippen LogP contribution in [-0.4, -0.2) is 16.0 Å². The van der Waals surface area contributed by atoms with E-state index in [0.717, 1.165) is 18.4 Å². The van der Waals surface area contributed by atoms with E-state index < -0.39 is 0 Å². The molecule has 2 saturated heterocycles. The van der Waals surface area contributed by atoms with Gasteiger partial charge < -0.3 is 4.90 Å². The van der Waals surface area contributed by atoms with Gasteiger partial charge in [0, 0.05) is 5.56 Å². The molecule has 4 nitrogen and oxygen atoms in total. The van der Waals surface area contributed by atoms with Crippen LogP contribution in [0.4, 0.5) is 4.79 Å². The number of fused-ring (bicyclic) bond motifs is 5. The van der Waals surface area contributed by atoms with Crippen LogP contribution in [0.5, 0.6) is 0 Å². The van der Waals surface area contributed by atoms with Gasteiger partial charge in [-0.2, -0.15) is 5.06 Å². The van der Waals surface area contributed by atoms with Gasteiger partial charge in [-0.05, 0) is 24.0 Å². The van der Waals surface area contributed by atoms with Crippen LogP contribution in [0.15, 0.2) is 54.6 Å². The molecule has 2 fully saturated rings. The molecule has 3 heterocycles. The molecular weight excluding hydrogens is 276 g/mol. The lowest BCUT2D eigenvalue weighted by Gasteiger charge is -2.21. The minimum Gasteiger partial charge on any atom is -0.309 e. The molecule has 2 bridgehead atoms. The number of carbonyl (C=O) groups excluding carboxylic acids is 1. The lowest BCUT2D eigenvalue weighted by molar-refractivity contribution is 0.125. The summed E-state index contributed by atoms with van der Waals surface area (Å²) < 4.78 is 0. The van der Waals surface area contributed by atoms with Crippen LogP contribution in [0.2, 0.25) is 0 Å². The highest BCUT2D eigenvalue weighted by molar-refractivity contribution is 5.78. The molecule has 3 aliphatic rings. The third-order valence-corrected chi connectivity index (χ3v) is 4.97. The Morgan fingerprint density at radius 1 is 0.909 bits per heavy atom. The van der Waals surface area contributed by atoms with Gasteiger partial charge in [0.1, 0.15) is 0 Å². The van der Waals surface area contributed by atoms with Crippen molar-refractivity contribution in [3.63, 3.8) is 0 Å². The van der Waals surface area contributed by atoms with Crippen LogP contribution in [0, 0.1) is 0 Å². The second kappa shape index (κ2) is 4.34. The fourth-order valence-electron chi connectivity index (χ4n) is 3.96. The normalized spacial score (nSPS) is 27.9. The number of carbonyl (C=O) groups is 1. The zero-order chi connectivity index (χ0) is 14.7. The van der Waals surface area contributed by atoms with E-state index in [4.69, 9.17) is 4.84 Å². The van der Waals surface area contributed by atoms with Crippen molar-refractivity contribution >= 4 is 6.03 Å². The summed E-state index contributed by atoms with van der Waals surface area (Å²) in [6.45, 7) is 0. The summed E-state index contributed by atoms with van der Waals surface area (Å²) in [4.78, 5) is 20.4. The molecule has 3 atom stereocenters. The first-order valence-corrected chi connectivity index (χ1v) is 7.76. The summed E-state index contributed by atoms with van der Waals surface area (Å²) in [5.41, 5.74) is 3.65. The third-order valence-electron chi connectivity index (χ3n) is 4.97. The van der Waals surface area contributed by atoms with Gasteiger partial charge in [-0.25, -0.2) is 9.63 Å². The summed E-state index contributed by atoms with van der Waals surface area (Å²) in [6, 6.07) is 18.7.